The standard InChI is InChI=1S/C21H10Cl2N2O5/c22-17-7-5-13(10-18(17)23)24-20(27)15-6-4-12(9-16(15)21(24)28)19(26)11-2-1-3-14(8-11)25(29)30/h1-10H. The van der Waals surface area contributed by atoms with Crippen LogP contribution in [-0.2, 0) is 0 Å². The Morgan fingerprint density at radius 1 is 0.833 bits per heavy atom. The third-order valence-electron chi connectivity index (χ3n) is 4.63. The van der Waals surface area contributed by atoms with Crippen LogP contribution in [0, 0.1) is 10.1 Å². The highest BCUT2D eigenvalue weighted by molar-refractivity contribution is 6.42. The summed E-state index contributed by atoms with van der Waals surface area (Å²) in [5.74, 6) is -1.67. The monoisotopic (exact) mass is 440 g/mol. The van der Waals surface area contributed by atoms with Gasteiger partial charge in [-0.1, -0.05) is 41.4 Å². The van der Waals surface area contributed by atoms with E-state index in [1.165, 1.54) is 54.6 Å². The fourth-order valence-corrected chi connectivity index (χ4v) is 3.46. The Hall–Kier alpha value is -3.55. The maximum atomic E-state index is 12.9. The second-order valence-electron chi connectivity index (χ2n) is 6.44. The molecule has 0 fully saturated rings. The highest BCUT2D eigenvalue weighted by Crippen LogP contribution is 2.33. The first-order valence-electron chi connectivity index (χ1n) is 8.55. The average molecular weight is 441 g/mol. The number of anilines is 1. The summed E-state index contributed by atoms with van der Waals surface area (Å²) < 4.78 is 0. The van der Waals surface area contributed by atoms with Gasteiger partial charge in [0.25, 0.3) is 17.5 Å². The molecule has 0 aliphatic carbocycles. The van der Waals surface area contributed by atoms with E-state index in [2.05, 4.69) is 0 Å². The second kappa shape index (κ2) is 7.37. The zero-order chi connectivity index (χ0) is 21.6. The number of carbonyl (C=O) groups is 3. The quantitative estimate of drug-likeness (QED) is 0.247. The summed E-state index contributed by atoms with van der Waals surface area (Å²) in [6.07, 6.45) is 0. The molecule has 2 amide bonds. The largest absolute Gasteiger partial charge is 0.289 e. The molecule has 0 spiro atoms. The first kappa shape index (κ1) is 19.8. The number of fused-ring (bicyclic) bond motifs is 1. The summed E-state index contributed by atoms with van der Waals surface area (Å²) in [5.41, 5.74) is 0.457. The summed E-state index contributed by atoms with van der Waals surface area (Å²) in [6.45, 7) is 0. The molecule has 0 bridgehead atoms. The van der Waals surface area contributed by atoms with Gasteiger partial charge in [0.15, 0.2) is 5.78 Å². The van der Waals surface area contributed by atoms with Crippen LogP contribution in [0.2, 0.25) is 10.0 Å². The smallest absolute Gasteiger partial charge is 0.270 e. The molecular weight excluding hydrogens is 431 g/mol. The van der Waals surface area contributed by atoms with Crippen LogP contribution in [0.3, 0.4) is 0 Å². The molecule has 4 rings (SSSR count). The zero-order valence-electron chi connectivity index (χ0n) is 15.0. The lowest BCUT2D eigenvalue weighted by atomic mass is 9.99. The highest BCUT2D eigenvalue weighted by Gasteiger charge is 2.37. The van der Waals surface area contributed by atoms with E-state index in [4.69, 9.17) is 23.2 Å². The topological polar surface area (TPSA) is 97.6 Å². The van der Waals surface area contributed by atoms with Crippen LogP contribution in [-0.4, -0.2) is 22.5 Å². The van der Waals surface area contributed by atoms with Gasteiger partial charge in [-0.3, -0.25) is 24.5 Å². The molecule has 0 N–H and O–H groups in total. The number of hydrogen-bond acceptors (Lipinski definition) is 5. The summed E-state index contributed by atoms with van der Waals surface area (Å²) in [6, 6.07) is 13.7. The fourth-order valence-electron chi connectivity index (χ4n) is 3.17. The molecule has 1 heterocycles. The number of benzene rings is 3. The van der Waals surface area contributed by atoms with E-state index in [0.717, 1.165) is 11.0 Å². The molecule has 0 saturated heterocycles. The van der Waals surface area contributed by atoms with E-state index in [0.29, 0.717) is 0 Å². The van der Waals surface area contributed by atoms with Gasteiger partial charge < -0.3 is 0 Å². The Kier molecular flexibility index (Phi) is 4.85. The van der Waals surface area contributed by atoms with Crippen LogP contribution >= 0.6 is 23.2 Å². The minimum Gasteiger partial charge on any atom is -0.289 e. The molecule has 7 nitrogen and oxygen atoms in total. The molecule has 30 heavy (non-hydrogen) atoms. The number of carbonyl (C=O) groups excluding carboxylic acids is 3. The Bertz CT molecular complexity index is 1270. The number of imide groups is 1. The van der Waals surface area contributed by atoms with Crippen molar-refractivity contribution in [3.63, 3.8) is 0 Å². The van der Waals surface area contributed by atoms with Gasteiger partial charge in [0, 0.05) is 23.3 Å². The lowest BCUT2D eigenvalue weighted by Crippen LogP contribution is -2.29. The molecule has 0 aromatic heterocycles. The van der Waals surface area contributed by atoms with Crippen LogP contribution in [0.25, 0.3) is 0 Å². The predicted molar refractivity (Wildman–Crippen MR) is 111 cm³/mol. The molecule has 3 aromatic rings. The number of halogens is 2. The number of amides is 2. The molecular formula is C21H10Cl2N2O5. The first-order valence-corrected chi connectivity index (χ1v) is 9.30. The molecule has 0 saturated carbocycles. The van der Waals surface area contributed by atoms with Crippen molar-refractivity contribution in [2.75, 3.05) is 4.90 Å². The summed E-state index contributed by atoms with van der Waals surface area (Å²) in [4.78, 5) is 49.7. The van der Waals surface area contributed by atoms with Crippen LogP contribution < -0.4 is 4.90 Å². The molecule has 148 valence electrons. The van der Waals surface area contributed by atoms with Crippen molar-refractivity contribution in [1.29, 1.82) is 0 Å². The van der Waals surface area contributed by atoms with Crippen molar-refractivity contribution in [2.45, 2.75) is 0 Å². The number of nitro benzene ring substituents is 1. The number of nitro groups is 1. The SMILES string of the molecule is O=C(c1cccc([N+](=O)[O-])c1)c1ccc2c(c1)C(=O)N(c1ccc(Cl)c(Cl)c1)C2=O. The highest BCUT2D eigenvalue weighted by atomic mass is 35.5. The van der Waals surface area contributed by atoms with E-state index in [9.17, 15) is 24.5 Å². The minimum absolute atomic E-state index is 0.0577. The Balaban J connectivity index is 1.71. The van der Waals surface area contributed by atoms with Gasteiger partial charge in [0.05, 0.1) is 31.8 Å². The van der Waals surface area contributed by atoms with Gasteiger partial charge in [-0.2, -0.15) is 0 Å². The van der Waals surface area contributed by atoms with E-state index in [-0.39, 0.29) is 43.7 Å². The predicted octanol–water partition coefficient (Wildman–Crippen LogP) is 4.93. The molecule has 9 heteroatoms. The number of hydrogen-bond donors (Lipinski definition) is 0. The van der Waals surface area contributed by atoms with E-state index in [1.807, 2.05) is 0 Å². The van der Waals surface area contributed by atoms with Gasteiger partial charge in [-0.25, -0.2) is 4.90 Å². The van der Waals surface area contributed by atoms with Crippen molar-refractivity contribution in [2.24, 2.45) is 0 Å². The summed E-state index contributed by atoms with van der Waals surface area (Å²) in [7, 11) is 0. The fraction of sp³-hybridized carbons (Fsp3) is 0. The van der Waals surface area contributed by atoms with Crippen molar-refractivity contribution >= 4 is 52.2 Å². The maximum Gasteiger partial charge on any atom is 0.270 e. The Morgan fingerprint density at radius 3 is 2.23 bits per heavy atom. The van der Waals surface area contributed by atoms with E-state index >= 15 is 0 Å². The van der Waals surface area contributed by atoms with Crippen molar-refractivity contribution < 1.29 is 19.3 Å². The van der Waals surface area contributed by atoms with Crippen LogP contribution in [0.5, 0.6) is 0 Å². The molecule has 3 aromatic carbocycles. The van der Waals surface area contributed by atoms with Crippen molar-refractivity contribution in [3.8, 4) is 0 Å². The van der Waals surface area contributed by atoms with Crippen LogP contribution in [0.15, 0.2) is 60.7 Å². The first-order chi connectivity index (χ1) is 14.3. The van der Waals surface area contributed by atoms with Gasteiger partial charge in [-0.05, 0) is 30.3 Å². The molecule has 0 radical (unpaired) electrons. The molecule has 1 aliphatic heterocycles. The molecule has 0 atom stereocenters. The van der Waals surface area contributed by atoms with Crippen molar-refractivity contribution in [1.82, 2.24) is 0 Å². The number of rotatable bonds is 4. The summed E-state index contributed by atoms with van der Waals surface area (Å²) in [5, 5.41) is 11.4. The normalized spacial score (nSPS) is 12.8. The molecule has 1 aliphatic rings. The average Bonchev–Trinajstić information content (AvgIpc) is 2.99. The zero-order valence-corrected chi connectivity index (χ0v) is 16.5. The van der Waals surface area contributed by atoms with Crippen LogP contribution in [0.4, 0.5) is 11.4 Å². The van der Waals surface area contributed by atoms with Crippen molar-refractivity contribution in [3.05, 3.63) is 103 Å². The van der Waals surface area contributed by atoms with E-state index < -0.39 is 22.5 Å². The van der Waals surface area contributed by atoms with E-state index in [1.54, 1.807) is 0 Å². The van der Waals surface area contributed by atoms with Gasteiger partial charge in [0.1, 0.15) is 0 Å². The van der Waals surface area contributed by atoms with Gasteiger partial charge in [-0.15, -0.1) is 0 Å². The number of nitrogens with zero attached hydrogens (tertiary/aromatic N) is 2. The Morgan fingerprint density at radius 2 is 1.53 bits per heavy atom. The van der Waals surface area contributed by atoms with Crippen LogP contribution in [0.1, 0.15) is 36.6 Å². The number of non-ortho nitro benzene ring substituents is 1. The Labute approximate surface area is 179 Å². The lowest BCUT2D eigenvalue weighted by Gasteiger charge is -2.14. The van der Waals surface area contributed by atoms with Gasteiger partial charge in [0.2, 0.25) is 0 Å². The lowest BCUT2D eigenvalue weighted by molar-refractivity contribution is -0.384. The van der Waals surface area contributed by atoms with Gasteiger partial charge >= 0.3 is 0 Å². The third kappa shape index (κ3) is 3.24. The maximum absolute atomic E-state index is 12.9. The molecule has 0 unspecified atom stereocenters. The third-order valence-corrected chi connectivity index (χ3v) is 5.37. The summed E-state index contributed by atoms with van der Waals surface area (Å²) >= 11 is 11.9. The minimum atomic E-state index is -0.609. The number of ketones is 1. The second-order valence-corrected chi connectivity index (χ2v) is 7.26.